The Kier molecular flexibility index (Phi) is 4.01. The Morgan fingerprint density at radius 1 is 0.952 bits per heavy atom. The predicted molar refractivity (Wildman–Crippen MR) is 85.7 cm³/mol. The minimum atomic E-state index is 0.473. The summed E-state index contributed by atoms with van der Waals surface area (Å²) < 4.78 is 0. The summed E-state index contributed by atoms with van der Waals surface area (Å²) >= 11 is 0. The molecule has 3 heteroatoms. The summed E-state index contributed by atoms with van der Waals surface area (Å²) in [7, 11) is 0. The van der Waals surface area contributed by atoms with Crippen LogP contribution in [0.25, 0.3) is 0 Å². The van der Waals surface area contributed by atoms with Crippen molar-refractivity contribution in [1.82, 2.24) is 4.90 Å². The number of fused-ring (bicyclic) bond motifs is 2. The van der Waals surface area contributed by atoms with Gasteiger partial charge in [-0.2, -0.15) is 0 Å². The van der Waals surface area contributed by atoms with Crippen LogP contribution in [-0.4, -0.2) is 35.7 Å². The lowest BCUT2D eigenvalue weighted by atomic mass is 9.69. The molecule has 4 fully saturated rings. The van der Waals surface area contributed by atoms with Crippen LogP contribution < -0.4 is 11.1 Å². The molecule has 0 bridgehead atoms. The summed E-state index contributed by atoms with van der Waals surface area (Å²) in [6, 6.07) is 2.17. The van der Waals surface area contributed by atoms with E-state index in [0.29, 0.717) is 6.04 Å². The molecule has 0 aromatic heterocycles. The van der Waals surface area contributed by atoms with Crippen molar-refractivity contribution in [3.63, 3.8) is 0 Å². The van der Waals surface area contributed by atoms with Gasteiger partial charge in [0.25, 0.3) is 0 Å². The van der Waals surface area contributed by atoms with Crippen LogP contribution in [-0.2, 0) is 0 Å². The first-order valence-electron chi connectivity index (χ1n) is 9.60. The molecular formula is C18H34N3+. The van der Waals surface area contributed by atoms with Crippen molar-refractivity contribution in [3.05, 3.63) is 0 Å². The van der Waals surface area contributed by atoms with E-state index in [1.807, 2.05) is 0 Å². The van der Waals surface area contributed by atoms with Crippen molar-refractivity contribution < 1.29 is 5.32 Å². The van der Waals surface area contributed by atoms with E-state index in [4.69, 9.17) is 5.73 Å². The molecule has 0 spiro atoms. The first kappa shape index (κ1) is 14.5. The van der Waals surface area contributed by atoms with E-state index in [-0.39, 0.29) is 0 Å². The minimum Gasteiger partial charge on any atom is -0.328 e. The summed E-state index contributed by atoms with van der Waals surface area (Å²) in [5.41, 5.74) is 6.78. The number of piperidine rings is 1. The van der Waals surface area contributed by atoms with E-state index < -0.39 is 0 Å². The number of hydrogen-bond donors (Lipinski definition) is 2. The van der Waals surface area contributed by atoms with E-state index in [2.05, 4.69) is 17.1 Å². The molecule has 0 amide bonds. The van der Waals surface area contributed by atoms with Gasteiger partial charge in [0.1, 0.15) is 6.17 Å². The number of nitrogens with zero attached hydrogens (tertiary/aromatic N) is 1. The summed E-state index contributed by atoms with van der Waals surface area (Å²) in [6.45, 7) is 3.75. The van der Waals surface area contributed by atoms with Gasteiger partial charge in [0.2, 0.25) is 0 Å². The van der Waals surface area contributed by atoms with Crippen LogP contribution in [0.2, 0.25) is 0 Å². The second-order valence-electron chi connectivity index (χ2n) is 8.49. The topological polar surface area (TPSA) is 45.9 Å². The monoisotopic (exact) mass is 292 g/mol. The quantitative estimate of drug-likeness (QED) is 0.772. The van der Waals surface area contributed by atoms with Gasteiger partial charge in [-0.25, -0.2) is 0 Å². The molecule has 21 heavy (non-hydrogen) atoms. The standard InChI is InChI=1S/C18H33N3/c1-12-7-8-16-15(11-12)17(19)14-9-10-21(18(14)20-16)13-5-3-2-4-6-13/h12-18,20H,2-11,19H2,1H3/p+1. The molecule has 6 atom stereocenters. The molecule has 2 saturated heterocycles. The Morgan fingerprint density at radius 2 is 1.76 bits per heavy atom. The fourth-order valence-electron chi connectivity index (χ4n) is 6.08. The molecule has 4 aliphatic rings. The molecule has 2 aliphatic heterocycles. The van der Waals surface area contributed by atoms with Crippen molar-refractivity contribution in [3.8, 4) is 0 Å². The van der Waals surface area contributed by atoms with E-state index in [1.54, 1.807) is 0 Å². The molecule has 3 nitrogen and oxygen atoms in total. The lowest BCUT2D eigenvalue weighted by Gasteiger charge is -2.47. The smallest absolute Gasteiger partial charge is 0.147 e. The highest BCUT2D eigenvalue weighted by molar-refractivity contribution is 4.98. The molecule has 0 radical (unpaired) electrons. The highest BCUT2D eigenvalue weighted by Crippen LogP contribution is 2.39. The second-order valence-corrected chi connectivity index (χ2v) is 8.49. The molecule has 0 aromatic carbocycles. The van der Waals surface area contributed by atoms with Gasteiger partial charge in [0, 0.05) is 30.5 Å². The molecule has 6 unspecified atom stereocenters. The van der Waals surface area contributed by atoms with Gasteiger partial charge in [0.05, 0.1) is 6.04 Å². The van der Waals surface area contributed by atoms with Crippen molar-refractivity contribution in [2.45, 2.75) is 89.0 Å². The molecule has 4 rings (SSSR count). The number of likely N-dealkylation sites (tertiary alicyclic amines) is 1. The normalized spacial score (nSPS) is 48.9. The zero-order valence-corrected chi connectivity index (χ0v) is 13.7. The first-order valence-corrected chi connectivity index (χ1v) is 9.60. The molecule has 120 valence electrons. The first-order chi connectivity index (χ1) is 10.2. The highest BCUT2D eigenvalue weighted by Gasteiger charge is 2.53. The Morgan fingerprint density at radius 3 is 2.57 bits per heavy atom. The summed E-state index contributed by atoms with van der Waals surface area (Å²) in [5.74, 6) is 2.46. The third-order valence-corrected chi connectivity index (χ3v) is 7.24. The molecule has 2 heterocycles. The van der Waals surface area contributed by atoms with Gasteiger partial charge >= 0.3 is 0 Å². The Labute approximate surface area is 130 Å². The fourth-order valence-corrected chi connectivity index (χ4v) is 6.08. The third kappa shape index (κ3) is 2.55. The van der Waals surface area contributed by atoms with Crippen LogP contribution in [0.3, 0.4) is 0 Å². The molecule has 2 aliphatic carbocycles. The zero-order valence-electron chi connectivity index (χ0n) is 13.7. The summed E-state index contributed by atoms with van der Waals surface area (Å²) in [5, 5.41) is 2.77. The average molecular weight is 292 g/mol. The maximum absolute atomic E-state index is 6.78. The molecular weight excluding hydrogens is 258 g/mol. The van der Waals surface area contributed by atoms with Crippen LogP contribution >= 0.6 is 0 Å². The van der Waals surface area contributed by atoms with E-state index >= 15 is 0 Å². The minimum absolute atomic E-state index is 0.473. The second kappa shape index (κ2) is 5.82. The number of hydrogen-bond acceptors (Lipinski definition) is 2. The van der Waals surface area contributed by atoms with Crippen LogP contribution in [0.4, 0.5) is 0 Å². The lowest BCUT2D eigenvalue weighted by molar-refractivity contribution is -0.761. The van der Waals surface area contributed by atoms with Gasteiger partial charge in [-0.1, -0.05) is 26.2 Å². The summed E-state index contributed by atoms with van der Waals surface area (Å²) in [6.07, 6.45) is 13.5. The van der Waals surface area contributed by atoms with Gasteiger partial charge < -0.3 is 11.1 Å². The number of rotatable bonds is 1. The van der Waals surface area contributed by atoms with Crippen molar-refractivity contribution in [2.75, 3.05) is 6.54 Å². The molecule has 4 N–H and O–H groups in total. The molecule has 0 aromatic rings. The van der Waals surface area contributed by atoms with Gasteiger partial charge in [-0.15, -0.1) is 0 Å². The Bertz CT molecular complexity index is 365. The van der Waals surface area contributed by atoms with E-state index in [0.717, 1.165) is 36.0 Å². The fraction of sp³-hybridized carbons (Fsp3) is 1.00. The zero-order chi connectivity index (χ0) is 14.4. The number of quaternary nitrogens is 1. The van der Waals surface area contributed by atoms with Crippen molar-refractivity contribution in [1.29, 1.82) is 0 Å². The number of nitrogens with two attached hydrogens (primary N) is 2. The average Bonchev–Trinajstić information content (AvgIpc) is 2.93. The Balaban J connectivity index is 1.49. The van der Waals surface area contributed by atoms with Crippen LogP contribution in [0, 0.1) is 17.8 Å². The maximum atomic E-state index is 6.78. The largest absolute Gasteiger partial charge is 0.328 e. The highest BCUT2D eigenvalue weighted by atomic mass is 15.3. The SMILES string of the molecule is CC1CCC2[NH2+]C3C(CCN3C3CCCCC3)C(N)C2C1. The van der Waals surface area contributed by atoms with Gasteiger partial charge in [-0.3, -0.25) is 4.90 Å². The Hall–Kier alpha value is -0.120. The van der Waals surface area contributed by atoms with Crippen LogP contribution in [0.1, 0.15) is 64.7 Å². The van der Waals surface area contributed by atoms with Crippen LogP contribution in [0.15, 0.2) is 0 Å². The van der Waals surface area contributed by atoms with E-state index in [1.165, 1.54) is 64.3 Å². The van der Waals surface area contributed by atoms with Gasteiger partial charge in [0.15, 0.2) is 0 Å². The molecule has 2 saturated carbocycles. The summed E-state index contributed by atoms with van der Waals surface area (Å²) in [4.78, 5) is 2.87. The third-order valence-electron chi connectivity index (χ3n) is 7.24. The maximum Gasteiger partial charge on any atom is 0.147 e. The predicted octanol–water partition coefficient (Wildman–Crippen LogP) is 1.68. The lowest BCUT2D eigenvalue weighted by Crippen LogP contribution is -3.03. The van der Waals surface area contributed by atoms with E-state index in [9.17, 15) is 0 Å². The van der Waals surface area contributed by atoms with Gasteiger partial charge in [-0.05, 0) is 44.4 Å². The van der Waals surface area contributed by atoms with Crippen molar-refractivity contribution in [2.24, 2.45) is 23.5 Å². The van der Waals surface area contributed by atoms with Crippen LogP contribution in [0.5, 0.6) is 0 Å². The van der Waals surface area contributed by atoms with Crippen molar-refractivity contribution >= 4 is 0 Å².